The molecule has 0 aliphatic heterocycles. The normalized spacial score (nSPS) is 11.3. The second-order valence-corrected chi connectivity index (χ2v) is 4.52. The van der Waals surface area contributed by atoms with Gasteiger partial charge in [0.15, 0.2) is 0 Å². The number of nitrogens with zero attached hydrogens (tertiary/aromatic N) is 1. The first-order valence-electron chi connectivity index (χ1n) is 5.62. The van der Waals surface area contributed by atoms with Crippen LogP contribution in [0.5, 0.6) is 0 Å². The fourth-order valence-electron chi connectivity index (χ4n) is 1.57. The third kappa shape index (κ3) is 8.27. The lowest BCUT2D eigenvalue weighted by molar-refractivity contribution is 0.316. The molecule has 0 heterocycles. The largest absolute Gasteiger partial charge is 0.313 e. The van der Waals surface area contributed by atoms with Crippen molar-refractivity contribution in [1.29, 1.82) is 0 Å². The van der Waals surface area contributed by atoms with Gasteiger partial charge in [-0.25, -0.2) is 0 Å². The second kappa shape index (κ2) is 8.01. The SMILES string of the molecule is C=C(CNCCC)CN(C)CC(C)C. The Bertz CT molecular complexity index is 152. The van der Waals surface area contributed by atoms with Crippen molar-refractivity contribution in [2.75, 3.05) is 33.2 Å². The van der Waals surface area contributed by atoms with Crippen molar-refractivity contribution in [3.8, 4) is 0 Å². The molecule has 2 nitrogen and oxygen atoms in total. The van der Waals surface area contributed by atoms with Crippen LogP contribution in [0.4, 0.5) is 0 Å². The molecule has 0 amide bonds. The smallest absolute Gasteiger partial charge is 0.0199 e. The molecule has 0 aromatic rings. The standard InChI is InChI=1S/C12H26N2/c1-6-7-13-8-12(4)10-14(5)9-11(2)3/h11,13H,4,6-10H2,1-3,5H3. The molecule has 0 bridgehead atoms. The maximum absolute atomic E-state index is 4.07. The fraction of sp³-hybridized carbons (Fsp3) is 0.833. The van der Waals surface area contributed by atoms with Gasteiger partial charge in [-0.1, -0.05) is 27.4 Å². The van der Waals surface area contributed by atoms with Crippen LogP contribution in [0.3, 0.4) is 0 Å². The minimum atomic E-state index is 0.733. The van der Waals surface area contributed by atoms with Crippen LogP contribution in [0, 0.1) is 5.92 Å². The molecular weight excluding hydrogens is 172 g/mol. The van der Waals surface area contributed by atoms with E-state index in [0.29, 0.717) is 0 Å². The van der Waals surface area contributed by atoms with Crippen LogP contribution in [0.1, 0.15) is 27.2 Å². The number of hydrogen-bond donors (Lipinski definition) is 1. The number of rotatable bonds is 8. The van der Waals surface area contributed by atoms with Gasteiger partial charge in [-0.15, -0.1) is 0 Å². The molecule has 0 saturated carbocycles. The maximum atomic E-state index is 4.07. The van der Waals surface area contributed by atoms with Crippen molar-refractivity contribution in [1.82, 2.24) is 10.2 Å². The van der Waals surface area contributed by atoms with Gasteiger partial charge in [-0.3, -0.25) is 0 Å². The van der Waals surface area contributed by atoms with Crippen LogP contribution in [-0.4, -0.2) is 38.1 Å². The summed E-state index contributed by atoms with van der Waals surface area (Å²) in [6.45, 7) is 14.9. The summed E-state index contributed by atoms with van der Waals surface area (Å²) in [5.41, 5.74) is 1.28. The quantitative estimate of drug-likeness (QED) is 0.475. The topological polar surface area (TPSA) is 15.3 Å². The van der Waals surface area contributed by atoms with E-state index in [0.717, 1.165) is 32.1 Å². The predicted octanol–water partition coefficient (Wildman–Crippen LogP) is 2.13. The van der Waals surface area contributed by atoms with Gasteiger partial charge in [0, 0.05) is 19.6 Å². The van der Waals surface area contributed by atoms with Gasteiger partial charge in [-0.2, -0.15) is 0 Å². The molecule has 0 spiro atoms. The monoisotopic (exact) mass is 198 g/mol. The summed E-state index contributed by atoms with van der Waals surface area (Å²) in [5, 5.41) is 3.37. The third-order valence-corrected chi connectivity index (χ3v) is 1.97. The summed E-state index contributed by atoms with van der Waals surface area (Å²) < 4.78 is 0. The molecule has 2 heteroatoms. The van der Waals surface area contributed by atoms with Gasteiger partial charge in [0.1, 0.15) is 0 Å². The molecule has 14 heavy (non-hydrogen) atoms. The lowest BCUT2D eigenvalue weighted by Crippen LogP contribution is -2.29. The van der Waals surface area contributed by atoms with E-state index in [2.05, 4.69) is 44.6 Å². The molecule has 0 aliphatic rings. The Kier molecular flexibility index (Phi) is 7.81. The predicted molar refractivity (Wildman–Crippen MR) is 64.6 cm³/mol. The van der Waals surface area contributed by atoms with Crippen molar-refractivity contribution in [2.24, 2.45) is 5.92 Å². The zero-order chi connectivity index (χ0) is 11.0. The Hall–Kier alpha value is -0.340. The minimum absolute atomic E-state index is 0.733. The molecule has 0 aromatic carbocycles. The highest BCUT2D eigenvalue weighted by Gasteiger charge is 2.02. The minimum Gasteiger partial charge on any atom is -0.313 e. The molecule has 0 radical (unpaired) electrons. The van der Waals surface area contributed by atoms with E-state index in [-0.39, 0.29) is 0 Å². The lowest BCUT2D eigenvalue weighted by atomic mass is 10.2. The van der Waals surface area contributed by atoms with Crippen molar-refractivity contribution < 1.29 is 0 Å². The zero-order valence-electron chi connectivity index (χ0n) is 10.3. The summed E-state index contributed by atoms with van der Waals surface area (Å²) in [5.74, 6) is 0.733. The van der Waals surface area contributed by atoms with Crippen LogP contribution in [0.15, 0.2) is 12.2 Å². The van der Waals surface area contributed by atoms with E-state index in [4.69, 9.17) is 0 Å². The average molecular weight is 198 g/mol. The van der Waals surface area contributed by atoms with E-state index in [1.54, 1.807) is 0 Å². The first-order valence-corrected chi connectivity index (χ1v) is 5.62. The van der Waals surface area contributed by atoms with Crippen LogP contribution in [0.2, 0.25) is 0 Å². The molecule has 0 fully saturated rings. The fourth-order valence-corrected chi connectivity index (χ4v) is 1.57. The first-order chi connectivity index (χ1) is 6.56. The van der Waals surface area contributed by atoms with Crippen LogP contribution >= 0.6 is 0 Å². The molecule has 0 rings (SSSR count). The highest BCUT2D eigenvalue weighted by Crippen LogP contribution is 1.98. The Balaban J connectivity index is 3.50. The van der Waals surface area contributed by atoms with E-state index in [1.165, 1.54) is 12.0 Å². The summed E-state index contributed by atoms with van der Waals surface area (Å²) in [6, 6.07) is 0. The Morgan fingerprint density at radius 1 is 1.43 bits per heavy atom. The molecule has 0 aliphatic carbocycles. The summed E-state index contributed by atoms with van der Waals surface area (Å²) in [4.78, 5) is 2.33. The molecule has 84 valence electrons. The third-order valence-electron chi connectivity index (χ3n) is 1.97. The van der Waals surface area contributed by atoms with E-state index < -0.39 is 0 Å². The Morgan fingerprint density at radius 3 is 2.57 bits per heavy atom. The lowest BCUT2D eigenvalue weighted by Gasteiger charge is -2.20. The molecular formula is C12H26N2. The number of hydrogen-bond acceptors (Lipinski definition) is 2. The van der Waals surface area contributed by atoms with Gasteiger partial charge in [0.05, 0.1) is 0 Å². The maximum Gasteiger partial charge on any atom is 0.0199 e. The van der Waals surface area contributed by atoms with Crippen molar-refractivity contribution in [3.05, 3.63) is 12.2 Å². The molecule has 0 unspecified atom stereocenters. The molecule has 0 saturated heterocycles. The van der Waals surface area contributed by atoms with E-state index >= 15 is 0 Å². The van der Waals surface area contributed by atoms with Gasteiger partial charge in [0.2, 0.25) is 0 Å². The van der Waals surface area contributed by atoms with Gasteiger partial charge in [-0.05, 0) is 31.5 Å². The van der Waals surface area contributed by atoms with Gasteiger partial charge >= 0.3 is 0 Å². The zero-order valence-corrected chi connectivity index (χ0v) is 10.3. The number of likely N-dealkylation sites (N-methyl/N-ethyl adjacent to an activating group) is 1. The van der Waals surface area contributed by atoms with Crippen molar-refractivity contribution >= 4 is 0 Å². The van der Waals surface area contributed by atoms with Crippen LogP contribution in [-0.2, 0) is 0 Å². The van der Waals surface area contributed by atoms with Crippen molar-refractivity contribution in [2.45, 2.75) is 27.2 Å². The average Bonchev–Trinajstić information content (AvgIpc) is 2.02. The summed E-state index contributed by atoms with van der Waals surface area (Å²) >= 11 is 0. The number of nitrogens with one attached hydrogen (secondary N) is 1. The van der Waals surface area contributed by atoms with Gasteiger partial charge in [0.25, 0.3) is 0 Å². The highest BCUT2D eigenvalue weighted by molar-refractivity contribution is 4.99. The van der Waals surface area contributed by atoms with Crippen molar-refractivity contribution in [3.63, 3.8) is 0 Å². The molecule has 0 atom stereocenters. The second-order valence-electron chi connectivity index (χ2n) is 4.52. The molecule has 1 N–H and O–H groups in total. The van der Waals surface area contributed by atoms with Gasteiger partial charge < -0.3 is 10.2 Å². The Morgan fingerprint density at radius 2 is 2.07 bits per heavy atom. The first kappa shape index (κ1) is 13.7. The van der Waals surface area contributed by atoms with Crippen LogP contribution < -0.4 is 5.32 Å². The summed E-state index contributed by atoms with van der Waals surface area (Å²) in [6.07, 6.45) is 1.19. The van der Waals surface area contributed by atoms with E-state index in [9.17, 15) is 0 Å². The highest BCUT2D eigenvalue weighted by atomic mass is 15.1. The van der Waals surface area contributed by atoms with E-state index in [1.807, 2.05) is 0 Å². The summed E-state index contributed by atoms with van der Waals surface area (Å²) in [7, 11) is 2.16. The van der Waals surface area contributed by atoms with Crippen LogP contribution in [0.25, 0.3) is 0 Å². The molecule has 0 aromatic heterocycles. The Labute approximate surface area is 89.4 Å².